The first-order chi connectivity index (χ1) is 9.16. The van der Waals surface area contributed by atoms with Crippen LogP contribution >= 0.6 is 0 Å². The summed E-state index contributed by atoms with van der Waals surface area (Å²) in [4.78, 5) is 30.8. The number of hydrogen-bond donors (Lipinski definition) is 2. The van der Waals surface area contributed by atoms with Gasteiger partial charge in [-0.2, -0.15) is 0 Å². The lowest BCUT2D eigenvalue weighted by molar-refractivity contribution is 0.476. The van der Waals surface area contributed by atoms with Crippen molar-refractivity contribution in [3.8, 4) is 11.6 Å². The lowest BCUT2D eigenvalue weighted by atomic mass is 10.2. The van der Waals surface area contributed by atoms with Crippen molar-refractivity contribution in [3.63, 3.8) is 0 Å². The number of phenolic OH excluding ortho intramolecular Hbond substituents is 1. The zero-order chi connectivity index (χ0) is 13.4. The maximum Gasteiger partial charge on any atom is 0.334 e. The van der Waals surface area contributed by atoms with E-state index >= 15 is 0 Å². The van der Waals surface area contributed by atoms with Crippen LogP contribution in [0.25, 0.3) is 16.7 Å². The van der Waals surface area contributed by atoms with Crippen LogP contribution in [0.4, 0.5) is 0 Å². The van der Waals surface area contributed by atoms with Crippen LogP contribution in [0.2, 0.25) is 0 Å². The van der Waals surface area contributed by atoms with E-state index in [2.05, 4.69) is 9.97 Å². The molecule has 0 aliphatic carbocycles. The van der Waals surface area contributed by atoms with E-state index < -0.39 is 11.2 Å². The van der Waals surface area contributed by atoms with Crippen LogP contribution < -0.4 is 11.2 Å². The fourth-order valence-corrected chi connectivity index (χ4v) is 1.90. The molecule has 0 radical (unpaired) electrons. The SMILES string of the molecule is O=c1[nH]c2cc(O)ccc2c(=O)n1-c1ccccn1. The molecule has 0 spiro atoms. The Kier molecular flexibility index (Phi) is 2.42. The molecule has 0 unspecified atom stereocenters. The first-order valence-corrected chi connectivity index (χ1v) is 5.56. The van der Waals surface area contributed by atoms with Crippen molar-refractivity contribution in [1.29, 1.82) is 0 Å². The predicted molar refractivity (Wildman–Crippen MR) is 69.6 cm³/mol. The fourth-order valence-electron chi connectivity index (χ4n) is 1.90. The zero-order valence-electron chi connectivity index (χ0n) is 9.70. The Bertz CT molecular complexity index is 866. The van der Waals surface area contributed by atoms with Crippen molar-refractivity contribution in [2.75, 3.05) is 0 Å². The minimum Gasteiger partial charge on any atom is -0.508 e. The van der Waals surface area contributed by atoms with Gasteiger partial charge in [-0.05, 0) is 24.3 Å². The van der Waals surface area contributed by atoms with Gasteiger partial charge in [0, 0.05) is 12.3 Å². The first kappa shape index (κ1) is 11.2. The summed E-state index contributed by atoms with van der Waals surface area (Å²) in [5.41, 5.74) is -0.776. The topological polar surface area (TPSA) is 88.0 Å². The maximum atomic E-state index is 12.3. The number of nitrogens with one attached hydrogen (secondary N) is 1. The van der Waals surface area contributed by atoms with Crippen LogP contribution in [0.1, 0.15) is 0 Å². The zero-order valence-corrected chi connectivity index (χ0v) is 9.70. The van der Waals surface area contributed by atoms with Gasteiger partial charge < -0.3 is 10.1 Å². The summed E-state index contributed by atoms with van der Waals surface area (Å²) in [6.45, 7) is 0. The number of hydrogen-bond acceptors (Lipinski definition) is 4. The largest absolute Gasteiger partial charge is 0.508 e. The van der Waals surface area contributed by atoms with Crippen LogP contribution in [0.3, 0.4) is 0 Å². The van der Waals surface area contributed by atoms with Gasteiger partial charge in [0.2, 0.25) is 0 Å². The Hall–Kier alpha value is -2.89. The molecule has 6 nitrogen and oxygen atoms in total. The number of fused-ring (bicyclic) bond motifs is 1. The van der Waals surface area contributed by atoms with E-state index in [0.29, 0.717) is 10.9 Å². The number of H-pyrrole nitrogens is 1. The molecule has 0 atom stereocenters. The van der Waals surface area contributed by atoms with Crippen molar-refractivity contribution in [2.45, 2.75) is 0 Å². The third-order valence-electron chi connectivity index (χ3n) is 2.76. The van der Waals surface area contributed by atoms with E-state index in [1.807, 2.05) is 0 Å². The molecule has 0 fully saturated rings. The lowest BCUT2D eigenvalue weighted by Gasteiger charge is -2.05. The highest BCUT2D eigenvalue weighted by Gasteiger charge is 2.10. The lowest BCUT2D eigenvalue weighted by Crippen LogP contribution is -2.34. The number of pyridine rings is 1. The van der Waals surface area contributed by atoms with E-state index in [-0.39, 0.29) is 11.6 Å². The van der Waals surface area contributed by atoms with Crippen molar-refractivity contribution >= 4 is 10.9 Å². The number of phenols is 1. The highest BCUT2D eigenvalue weighted by molar-refractivity contribution is 5.78. The summed E-state index contributed by atoms with van der Waals surface area (Å²) in [5, 5.41) is 9.66. The summed E-state index contributed by atoms with van der Waals surface area (Å²) in [6, 6.07) is 9.15. The van der Waals surface area contributed by atoms with E-state index in [1.165, 1.54) is 24.4 Å². The molecule has 3 aromatic rings. The van der Waals surface area contributed by atoms with Gasteiger partial charge in [0.25, 0.3) is 5.56 Å². The highest BCUT2D eigenvalue weighted by Crippen LogP contribution is 2.14. The molecule has 2 aromatic heterocycles. The second-order valence-electron chi connectivity index (χ2n) is 3.99. The molecule has 0 amide bonds. The van der Waals surface area contributed by atoms with E-state index in [0.717, 1.165) is 4.57 Å². The molecule has 0 saturated carbocycles. The summed E-state index contributed by atoms with van der Waals surface area (Å²) >= 11 is 0. The third-order valence-corrected chi connectivity index (χ3v) is 2.76. The average molecular weight is 255 g/mol. The summed E-state index contributed by atoms with van der Waals surface area (Å²) in [5.74, 6) is 0.238. The van der Waals surface area contributed by atoms with Gasteiger partial charge in [-0.3, -0.25) is 4.79 Å². The van der Waals surface area contributed by atoms with E-state index in [4.69, 9.17) is 0 Å². The summed E-state index contributed by atoms with van der Waals surface area (Å²) in [7, 11) is 0. The van der Waals surface area contributed by atoms with E-state index in [1.54, 1.807) is 18.2 Å². The number of aromatic nitrogens is 3. The molecular formula is C13H9N3O3. The highest BCUT2D eigenvalue weighted by atomic mass is 16.3. The van der Waals surface area contributed by atoms with Crippen LogP contribution in [-0.2, 0) is 0 Å². The molecule has 94 valence electrons. The average Bonchev–Trinajstić information content (AvgIpc) is 2.39. The Morgan fingerprint density at radius 2 is 2.00 bits per heavy atom. The van der Waals surface area contributed by atoms with Crippen LogP contribution in [0, 0.1) is 0 Å². The molecule has 0 aliphatic rings. The number of aromatic hydroxyl groups is 1. The molecule has 0 aliphatic heterocycles. The van der Waals surface area contributed by atoms with Crippen LogP contribution in [-0.4, -0.2) is 19.6 Å². The van der Waals surface area contributed by atoms with Gasteiger partial charge >= 0.3 is 5.69 Å². The Morgan fingerprint density at radius 3 is 2.74 bits per heavy atom. The van der Waals surface area contributed by atoms with Gasteiger partial charge in [-0.15, -0.1) is 0 Å². The normalized spacial score (nSPS) is 10.7. The second kappa shape index (κ2) is 4.09. The number of aromatic amines is 1. The second-order valence-corrected chi connectivity index (χ2v) is 3.99. The maximum absolute atomic E-state index is 12.3. The molecular weight excluding hydrogens is 246 g/mol. The quantitative estimate of drug-likeness (QED) is 0.672. The van der Waals surface area contributed by atoms with Crippen molar-refractivity contribution in [1.82, 2.24) is 14.5 Å². The van der Waals surface area contributed by atoms with Gasteiger partial charge in [0.05, 0.1) is 10.9 Å². The van der Waals surface area contributed by atoms with Gasteiger partial charge in [0.15, 0.2) is 0 Å². The number of nitrogens with zero attached hydrogens (tertiary/aromatic N) is 2. The Labute approximate surface area is 106 Å². The molecule has 0 saturated heterocycles. The fraction of sp³-hybridized carbons (Fsp3) is 0. The van der Waals surface area contributed by atoms with Crippen molar-refractivity contribution in [3.05, 3.63) is 63.4 Å². The first-order valence-electron chi connectivity index (χ1n) is 5.56. The van der Waals surface area contributed by atoms with Gasteiger partial charge in [-0.1, -0.05) is 6.07 Å². The van der Waals surface area contributed by atoms with Gasteiger partial charge in [0.1, 0.15) is 11.6 Å². The van der Waals surface area contributed by atoms with E-state index in [9.17, 15) is 14.7 Å². The minimum absolute atomic E-state index is 0.0156. The van der Waals surface area contributed by atoms with Crippen molar-refractivity contribution in [2.24, 2.45) is 0 Å². The molecule has 1 aromatic carbocycles. The molecule has 19 heavy (non-hydrogen) atoms. The third kappa shape index (κ3) is 1.79. The molecule has 0 bridgehead atoms. The minimum atomic E-state index is -0.596. The molecule has 2 N–H and O–H groups in total. The smallest absolute Gasteiger partial charge is 0.334 e. The number of rotatable bonds is 1. The summed E-state index contributed by atoms with van der Waals surface area (Å²) in [6.07, 6.45) is 1.50. The summed E-state index contributed by atoms with van der Waals surface area (Å²) < 4.78 is 0.958. The van der Waals surface area contributed by atoms with Crippen molar-refractivity contribution < 1.29 is 5.11 Å². The Balaban J connectivity index is 2.43. The monoisotopic (exact) mass is 255 g/mol. The predicted octanol–water partition coefficient (Wildman–Crippen LogP) is 0.780. The molecule has 6 heteroatoms. The Morgan fingerprint density at radius 1 is 1.16 bits per heavy atom. The van der Waals surface area contributed by atoms with Crippen LogP contribution in [0.15, 0.2) is 52.2 Å². The molecule has 3 rings (SSSR count). The standard InChI is InChI=1S/C13H9N3O3/c17-8-4-5-9-10(7-8)15-13(19)16(12(9)18)11-3-1-2-6-14-11/h1-7,17H,(H,15,19). The van der Waals surface area contributed by atoms with Gasteiger partial charge in [-0.25, -0.2) is 14.3 Å². The van der Waals surface area contributed by atoms with Crippen LogP contribution in [0.5, 0.6) is 5.75 Å². The molecule has 2 heterocycles. The number of benzene rings is 1.